The van der Waals surface area contributed by atoms with E-state index in [9.17, 15) is 9.18 Å². The minimum Gasteiger partial charge on any atom is -0.494 e. The molecule has 5 heteroatoms. The molecule has 0 saturated carbocycles. The van der Waals surface area contributed by atoms with Crippen LogP contribution >= 0.6 is 0 Å². The van der Waals surface area contributed by atoms with E-state index in [1.165, 1.54) is 12.1 Å². The smallest absolute Gasteiger partial charge is 0.322 e. The predicted molar refractivity (Wildman–Crippen MR) is 96.4 cm³/mol. The third kappa shape index (κ3) is 3.92. The molecule has 3 rings (SSSR count). The number of urea groups is 1. The molecule has 1 unspecified atom stereocenters. The molecule has 0 bridgehead atoms. The van der Waals surface area contributed by atoms with Gasteiger partial charge in [-0.25, -0.2) is 9.18 Å². The fraction of sp³-hybridized carbons (Fsp3) is 0.350. The van der Waals surface area contributed by atoms with E-state index >= 15 is 0 Å². The van der Waals surface area contributed by atoms with E-state index in [1.807, 2.05) is 43.0 Å². The minimum atomic E-state index is -0.356. The molecule has 4 nitrogen and oxygen atoms in total. The van der Waals surface area contributed by atoms with Crippen molar-refractivity contribution in [2.75, 3.05) is 18.5 Å². The predicted octanol–water partition coefficient (Wildman–Crippen LogP) is 4.90. The van der Waals surface area contributed by atoms with Crippen LogP contribution in [0.4, 0.5) is 14.9 Å². The number of amides is 2. The van der Waals surface area contributed by atoms with Gasteiger partial charge < -0.3 is 15.0 Å². The summed E-state index contributed by atoms with van der Waals surface area (Å²) in [5.74, 6) is 0.473. The Morgan fingerprint density at radius 1 is 1.28 bits per heavy atom. The molecule has 1 fully saturated rings. The highest BCUT2D eigenvalue weighted by Gasteiger charge is 2.30. The largest absolute Gasteiger partial charge is 0.494 e. The Morgan fingerprint density at radius 3 is 2.76 bits per heavy atom. The number of carbonyl (C=O) groups is 1. The van der Waals surface area contributed by atoms with Crippen molar-refractivity contribution in [3.8, 4) is 5.75 Å². The monoisotopic (exact) mass is 342 g/mol. The number of nitrogens with zero attached hydrogens (tertiary/aromatic N) is 1. The number of benzene rings is 2. The summed E-state index contributed by atoms with van der Waals surface area (Å²) in [5.41, 5.74) is 2.45. The van der Waals surface area contributed by atoms with Crippen molar-refractivity contribution in [3.05, 3.63) is 59.4 Å². The molecular formula is C20H23FN2O2. The second-order valence-corrected chi connectivity index (χ2v) is 6.24. The van der Waals surface area contributed by atoms with E-state index in [0.717, 1.165) is 29.7 Å². The molecule has 0 aromatic heterocycles. The van der Waals surface area contributed by atoms with Gasteiger partial charge in [-0.2, -0.15) is 0 Å². The molecule has 2 amide bonds. The number of nitrogens with one attached hydrogen (secondary N) is 1. The number of hydrogen-bond acceptors (Lipinski definition) is 2. The van der Waals surface area contributed by atoms with Crippen LogP contribution in [0.15, 0.2) is 42.5 Å². The van der Waals surface area contributed by atoms with Crippen molar-refractivity contribution >= 4 is 11.7 Å². The zero-order valence-corrected chi connectivity index (χ0v) is 14.6. The lowest BCUT2D eigenvalue weighted by Crippen LogP contribution is -2.34. The molecular weight excluding hydrogens is 319 g/mol. The lowest BCUT2D eigenvalue weighted by Gasteiger charge is -2.26. The second-order valence-electron chi connectivity index (χ2n) is 6.24. The number of rotatable bonds is 4. The number of likely N-dealkylation sites (tertiary alicyclic amines) is 1. The Balaban J connectivity index is 1.74. The molecule has 2 aromatic carbocycles. The summed E-state index contributed by atoms with van der Waals surface area (Å²) < 4.78 is 18.9. The molecule has 1 aliphatic heterocycles. The first kappa shape index (κ1) is 17.3. The highest BCUT2D eigenvalue weighted by atomic mass is 19.1. The highest BCUT2D eigenvalue weighted by Crippen LogP contribution is 2.33. The van der Waals surface area contributed by atoms with Crippen molar-refractivity contribution in [3.63, 3.8) is 0 Å². The Morgan fingerprint density at radius 2 is 2.04 bits per heavy atom. The Kier molecular flexibility index (Phi) is 5.22. The lowest BCUT2D eigenvalue weighted by molar-refractivity contribution is 0.207. The van der Waals surface area contributed by atoms with E-state index in [-0.39, 0.29) is 17.9 Å². The fourth-order valence-electron chi connectivity index (χ4n) is 3.23. The average molecular weight is 342 g/mol. The summed E-state index contributed by atoms with van der Waals surface area (Å²) in [6.45, 7) is 5.12. The average Bonchev–Trinajstić information content (AvgIpc) is 3.09. The van der Waals surface area contributed by atoms with Crippen LogP contribution in [0.1, 0.15) is 36.9 Å². The minimum absolute atomic E-state index is 0.0320. The fourth-order valence-corrected chi connectivity index (χ4v) is 3.23. The standard InChI is InChI=1S/C20H23FN2O2/c1-3-25-17-10-7-15(8-11-17)19-5-4-12-23(19)20(24)22-18-13-16(21)9-6-14(18)2/h6-11,13,19H,3-5,12H2,1-2H3,(H,22,24). The summed E-state index contributed by atoms with van der Waals surface area (Å²) in [6.07, 6.45) is 1.87. The summed E-state index contributed by atoms with van der Waals surface area (Å²) in [4.78, 5) is 14.5. The van der Waals surface area contributed by atoms with E-state index in [1.54, 1.807) is 6.07 Å². The number of hydrogen-bond donors (Lipinski definition) is 1. The Labute approximate surface area is 147 Å². The van der Waals surface area contributed by atoms with Crippen LogP contribution in [-0.4, -0.2) is 24.1 Å². The number of anilines is 1. The zero-order chi connectivity index (χ0) is 17.8. The van der Waals surface area contributed by atoms with Crippen molar-refractivity contribution in [2.24, 2.45) is 0 Å². The van der Waals surface area contributed by atoms with Gasteiger partial charge in [-0.05, 0) is 62.1 Å². The Hall–Kier alpha value is -2.56. The summed E-state index contributed by atoms with van der Waals surface area (Å²) in [5, 5.41) is 2.85. The molecule has 0 spiro atoms. The quantitative estimate of drug-likeness (QED) is 0.858. The molecule has 1 aliphatic rings. The summed E-state index contributed by atoms with van der Waals surface area (Å²) in [6, 6.07) is 12.1. The van der Waals surface area contributed by atoms with Gasteiger partial charge in [-0.3, -0.25) is 0 Å². The molecule has 2 aromatic rings. The van der Waals surface area contributed by atoms with Crippen molar-refractivity contribution < 1.29 is 13.9 Å². The molecule has 1 atom stereocenters. The van der Waals surface area contributed by atoms with Gasteiger partial charge in [0.25, 0.3) is 0 Å². The first-order chi connectivity index (χ1) is 12.1. The van der Waals surface area contributed by atoms with Crippen LogP contribution in [-0.2, 0) is 0 Å². The van der Waals surface area contributed by atoms with Gasteiger partial charge in [-0.15, -0.1) is 0 Å². The number of ether oxygens (including phenoxy) is 1. The second kappa shape index (κ2) is 7.55. The van der Waals surface area contributed by atoms with Crippen LogP contribution < -0.4 is 10.1 Å². The van der Waals surface area contributed by atoms with Crippen LogP contribution in [0.3, 0.4) is 0 Å². The molecule has 1 heterocycles. The van der Waals surface area contributed by atoms with Gasteiger partial charge in [0.2, 0.25) is 0 Å². The third-order valence-corrected chi connectivity index (χ3v) is 4.53. The van der Waals surface area contributed by atoms with Gasteiger partial charge in [-0.1, -0.05) is 18.2 Å². The summed E-state index contributed by atoms with van der Waals surface area (Å²) in [7, 11) is 0. The van der Waals surface area contributed by atoms with Crippen LogP contribution in [0.5, 0.6) is 5.75 Å². The van der Waals surface area contributed by atoms with E-state index in [0.29, 0.717) is 18.8 Å². The first-order valence-corrected chi connectivity index (χ1v) is 8.65. The van der Waals surface area contributed by atoms with E-state index in [2.05, 4.69) is 5.32 Å². The topological polar surface area (TPSA) is 41.6 Å². The highest BCUT2D eigenvalue weighted by molar-refractivity contribution is 5.90. The van der Waals surface area contributed by atoms with Gasteiger partial charge in [0, 0.05) is 12.2 Å². The maximum atomic E-state index is 13.4. The first-order valence-electron chi connectivity index (χ1n) is 8.65. The molecule has 132 valence electrons. The summed E-state index contributed by atoms with van der Waals surface area (Å²) >= 11 is 0. The van der Waals surface area contributed by atoms with Gasteiger partial charge in [0.15, 0.2) is 0 Å². The molecule has 0 radical (unpaired) electrons. The number of halogens is 1. The Bertz CT molecular complexity index is 746. The lowest BCUT2D eigenvalue weighted by atomic mass is 10.0. The van der Waals surface area contributed by atoms with Crippen LogP contribution in [0.25, 0.3) is 0 Å². The number of carbonyl (C=O) groups excluding carboxylic acids is 1. The van der Waals surface area contributed by atoms with Gasteiger partial charge in [0.05, 0.1) is 12.6 Å². The normalized spacial score (nSPS) is 16.8. The molecule has 0 aliphatic carbocycles. The molecule has 1 N–H and O–H groups in total. The third-order valence-electron chi connectivity index (χ3n) is 4.53. The van der Waals surface area contributed by atoms with Gasteiger partial charge in [0.1, 0.15) is 11.6 Å². The zero-order valence-electron chi connectivity index (χ0n) is 14.6. The van der Waals surface area contributed by atoms with Crippen molar-refractivity contribution in [2.45, 2.75) is 32.7 Å². The van der Waals surface area contributed by atoms with Crippen molar-refractivity contribution in [1.82, 2.24) is 4.90 Å². The maximum absolute atomic E-state index is 13.4. The molecule has 25 heavy (non-hydrogen) atoms. The number of aryl methyl sites for hydroxylation is 1. The molecule has 1 saturated heterocycles. The van der Waals surface area contributed by atoms with E-state index in [4.69, 9.17) is 4.74 Å². The van der Waals surface area contributed by atoms with E-state index < -0.39 is 0 Å². The SMILES string of the molecule is CCOc1ccc(C2CCCN2C(=O)Nc2cc(F)ccc2C)cc1. The van der Waals surface area contributed by atoms with Crippen LogP contribution in [0.2, 0.25) is 0 Å². The maximum Gasteiger partial charge on any atom is 0.322 e. The van der Waals surface area contributed by atoms with Gasteiger partial charge >= 0.3 is 6.03 Å². The van der Waals surface area contributed by atoms with Crippen LogP contribution in [0, 0.1) is 12.7 Å². The van der Waals surface area contributed by atoms with Crippen molar-refractivity contribution in [1.29, 1.82) is 0 Å².